The summed E-state index contributed by atoms with van der Waals surface area (Å²) < 4.78 is 6.58. The van der Waals surface area contributed by atoms with E-state index < -0.39 is 0 Å². The van der Waals surface area contributed by atoms with E-state index in [0.29, 0.717) is 11.1 Å². The van der Waals surface area contributed by atoms with Crippen molar-refractivity contribution in [2.24, 2.45) is 0 Å². The maximum Gasteiger partial charge on any atom is 0.143 e. The van der Waals surface area contributed by atoms with E-state index in [1.165, 1.54) is 0 Å². The summed E-state index contributed by atoms with van der Waals surface area (Å²) in [5.74, 6) is 0.120. The largest absolute Gasteiger partial charge is 0.507 e. The van der Waals surface area contributed by atoms with Crippen LogP contribution in [0.1, 0.15) is 0 Å². The summed E-state index contributed by atoms with van der Waals surface area (Å²) in [5.41, 5.74) is 7.54. The average Bonchev–Trinajstić information content (AvgIpc) is 3.48. The normalized spacial score (nSPS) is 11.7. The van der Waals surface area contributed by atoms with Crippen molar-refractivity contribution in [1.82, 2.24) is 0 Å². The molecule has 0 radical (unpaired) electrons. The number of phenols is 2. The summed E-state index contributed by atoms with van der Waals surface area (Å²) in [4.78, 5) is 0. The van der Waals surface area contributed by atoms with Crippen molar-refractivity contribution in [1.29, 1.82) is 0 Å². The highest BCUT2D eigenvalue weighted by atomic mass is 16.3. The molecule has 0 amide bonds. The van der Waals surface area contributed by atoms with Gasteiger partial charge in [0.25, 0.3) is 0 Å². The summed E-state index contributed by atoms with van der Waals surface area (Å²) >= 11 is 0. The Hall–Kier alpha value is -6.00. The third-order valence-corrected chi connectivity index (χ3v) is 9.38. The summed E-state index contributed by atoms with van der Waals surface area (Å²) in [7, 11) is 1.92. The Morgan fingerprint density at radius 2 is 1.09 bits per heavy atom. The van der Waals surface area contributed by atoms with Crippen LogP contribution >= 0.6 is 0 Å². The standard InChI is InChI=1S/C42H27BO3/c43-33-23-34(44)40(41(45)36(33)25-12-2-1-3-13-25)39-29-17-8-6-15-27(29)37(28-16-7-9-18-30(28)39)31-19-10-20-35-38(31)32-22-21-24-11-4-5-14-26(24)42(32)46-35/h1-23,44-45H,43H2. The van der Waals surface area contributed by atoms with Crippen molar-refractivity contribution >= 4 is 67.6 Å². The second kappa shape index (κ2) is 10.0. The Balaban J connectivity index is 1.42. The maximum atomic E-state index is 12.0. The highest BCUT2D eigenvalue weighted by Gasteiger charge is 2.25. The zero-order valence-electron chi connectivity index (χ0n) is 25.1. The fourth-order valence-electron chi connectivity index (χ4n) is 7.45. The van der Waals surface area contributed by atoms with E-state index in [4.69, 9.17) is 4.42 Å². The molecule has 0 aliphatic rings. The van der Waals surface area contributed by atoms with E-state index in [0.717, 1.165) is 82.0 Å². The summed E-state index contributed by atoms with van der Waals surface area (Å²) in [6.45, 7) is 0. The number of furan rings is 1. The van der Waals surface area contributed by atoms with Gasteiger partial charge in [-0.1, -0.05) is 127 Å². The molecule has 0 aliphatic carbocycles. The van der Waals surface area contributed by atoms with Crippen LogP contribution in [0.4, 0.5) is 0 Å². The number of hydrogen-bond acceptors (Lipinski definition) is 3. The highest BCUT2D eigenvalue weighted by molar-refractivity contribution is 6.37. The molecule has 0 bridgehead atoms. The van der Waals surface area contributed by atoms with Gasteiger partial charge in [-0.3, -0.25) is 0 Å². The fraction of sp³-hybridized carbons (Fsp3) is 0. The van der Waals surface area contributed by atoms with Crippen LogP contribution in [0.2, 0.25) is 0 Å². The van der Waals surface area contributed by atoms with Crippen molar-refractivity contribution in [3.8, 4) is 44.9 Å². The number of aromatic hydroxyl groups is 2. The van der Waals surface area contributed by atoms with Gasteiger partial charge in [-0.2, -0.15) is 0 Å². The van der Waals surface area contributed by atoms with Gasteiger partial charge in [-0.05, 0) is 61.8 Å². The molecule has 216 valence electrons. The second-order valence-corrected chi connectivity index (χ2v) is 12.0. The predicted molar refractivity (Wildman–Crippen MR) is 194 cm³/mol. The van der Waals surface area contributed by atoms with Gasteiger partial charge < -0.3 is 14.6 Å². The fourth-order valence-corrected chi connectivity index (χ4v) is 7.45. The van der Waals surface area contributed by atoms with Crippen LogP contribution in [0.25, 0.3) is 87.6 Å². The molecule has 0 spiro atoms. The maximum absolute atomic E-state index is 12.0. The van der Waals surface area contributed by atoms with Crippen LogP contribution in [0.5, 0.6) is 11.5 Å². The summed E-state index contributed by atoms with van der Waals surface area (Å²) in [5, 5.41) is 31.9. The lowest BCUT2D eigenvalue weighted by atomic mass is 9.80. The van der Waals surface area contributed by atoms with E-state index in [1.54, 1.807) is 6.07 Å². The van der Waals surface area contributed by atoms with Crippen molar-refractivity contribution in [2.45, 2.75) is 0 Å². The Labute approximate surface area is 266 Å². The molecule has 1 heterocycles. The molecule has 9 rings (SSSR count). The summed E-state index contributed by atoms with van der Waals surface area (Å²) in [6.07, 6.45) is 0. The minimum Gasteiger partial charge on any atom is -0.507 e. The lowest BCUT2D eigenvalue weighted by molar-refractivity contribution is 0.456. The van der Waals surface area contributed by atoms with Gasteiger partial charge in [0.1, 0.15) is 30.5 Å². The van der Waals surface area contributed by atoms with Crippen molar-refractivity contribution < 1.29 is 14.6 Å². The molecule has 8 aromatic carbocycles. The first kappa shape index (κ1) is 26.4. The molecule has 46 heavy (non-hydrogen) atoms. The first-order valence-corrected chi connectivity index (χ1v) is 15.5. The molecular weight excluding hydrogens is 563 g/mol. The topological polar surface area (TPSA) is 53.6 Å². The van der Waals surface area contributed by atoms with E-state index in [1.807, 2.05) is 56.4 Å². The molecule has 9 aromatic rings. The number of hydrogen-bond donors (Lipinski definition) is 2. The van der Waals surface area contributed by atoms with Crippen LogP contribution in [0, 0.1) is 0 Å². The summed E-state index contributed by atoms with van der Waals surface area (Å²) in [6, 6.07) is 47.1. The van der Waals surface area contributed by atoms with Crippen LogP contribution in [0.15, 0.2) is 144 Å². The van der Waals surface area contributed by atoms with Crippen molar-refractivity contribution in [3.05, 3.63) is 140 Å². The highest BCUT2D eigenvalue weighted by Crippen LogP contribution is 2.51. The van der Waals surface area contributed by atoms with Gasteiger partial charge in [0, 0.05) is 27.3 Å². The van der Waals surface area contributed by atoms with Gasteiger partial charge in [-0.15, -0.1) is 0 Å². The van der Waals surface area contributed by atoms with Gasteiger partial charge >= 0.3 is 0 Å². The molecule has 1 aromatic heterocycles. The van der Waals surface area contributed by atoms with Crippen LogP contribution in [-0.4, -0.2) is 18.1 Å². The lowest BCUT2D eigenvalue weighted by Crippen LogP contribution is -2.08. The minimum absolute atomic E-state index is 0.0487. The molecule has 3 nitrogen and oxygen atoms in total. The average molecular weight is 590 g/mol. The van der Waals surface area contributed by atoms with Gasteiger partial charge in [0.15, 0.2) is 0 Å². The molecule has 0 unspecified atom stereocenters. The molecule has 0 atom stereocenters. The molecule has 0 fully saturated rings. The van der Waals surface area contributed by atoms with Gasteiger partial charge in [-0.25, -0.2) is 0 Å². The predicted octanol–water partition coefficient (Wildman–Crippen LogP) is 9.72. The zero-order valence-corrected chi connectivity index (χ0v) is 25.1. The van der Waals surface area contributed by atoms with Crippen LogP contribution in [0.3, 0.4) is 0 Å². The first-order chi connectivity index (χ1) is 22.6. The zero-order chi connectivity index (χ0) is 30.9. The second-order valence-electron chi connectivity index (χ2n) is 12.0. The molecule has 0 saturated carbocycles. The van der Waals surface area contributed by atoms with E-state index >= 15 is 0 Å². The monoisotopic (exact) mass is 590 g/mol. The molecule has 0 aliphatic heterocycles. The Bertz CT molecular complexity index is 2610. The van der Waals surface area contributed by atoms with Gasteiger partial charge in [0.05, 0.1) is 5.56 Å². The SMILES string of the molecule is Bc1cc(O)c(-c2c3ccccc3c(-c3cccc4oc5c6ccccc6ccc5c34)c3ccccc23)c(O)c1-c1ccccc1. The smallest absolute Gasteiger partial charge is 0.143 e. The third kappa shape index (κ3) is 3.74. The third-order valence-electron chi connectivity index (χ3n) is 9.38. The van der Waals surface area contributed by atoms with Crippen molar-refractivity contribution in [3.63, 3.8) is 0 Å². The number of rotatable bonds is 3. The Kier molecular flexibility index (Phi) is 5.75. The molecule has 0 saturated heterocycles. The van der Waals surface area contributed by atoms with E-state index in [-0.39, 0.29) is 11.5 Å². The molecule has 2 N–H and O–H groups in total. The number of fused-ring (bicyclic) bond motifs is 7. The van der Waals surface area contributed by atoms with Crippen molar-refractivity contribution in [2.75, 3.05) is 0 Å². The number of benzene rings is 8. The lowest BCUT2D eigenvalue weighted by Gasteiger charge is -2.21. The molecular formula is C42H27BO3. The van der Waals surface area contributed by atoms with E-state index in [2.05, 4.69) is 84.9 Å². The Morgan fingerprint density at radius 3 is 1.78 bits per heavy atom. The first-order valence-electron chi connectivity index (χ1n) is 15.5. The molecule has 4 heteroatoms. The van der Waals surface area contributed by atoms with Crippen LogP contribution < -0.4 is 5.46 Å². The van der Waals surface area contributed by atoms with Crippen LogP contribution in [-0.2, 0) is 0 Å². The quantitative estimate of drug-likeness (QED) is 0.159. The van der Waals surface area contributed by atoms with Gasteiger partial charge in [0.2, 0.25) is 0 Å². The number of phenolic OH excluding ortho intramolecular Hbond substituents is 2. The Morgan fingerprint density at radius 1 is 0.478 bits per heavy atom. The minimum atomic E-state index is 0.0487. The van der Waals surface area contributed by atoms with E-state index in [9.17, 15) is 10.2 Å².